The predicted molar refractivity (Wildman–Crippen MR) is 86.1 cm³/mol. The zero-order valence-electron chi connectivity index (χ0n) is 13.1. The van der Waals surface area contributed by atoms with E-state index >= 15 is 0 Å². The molecule has 0 radical (unpaired) electrons. The first-order chi connectivity index (χ1) is 11.5. The van der Waals surface area contributed by atoms with Crippen molar-refractivity contribution in [1.82, 2.24) is 19.8 Å². The summed E-state index contributed by atoms with van der Waals surface area (Å²) in [4.78, 5) is 11.3. The quantitative estimate of drug-likeness (QED) is 0.747. The number of aromatic nitrogens is 4. The van der Waals surface area contributed by atoms with Crippen molar-refractivity contribution in [3.8, 4) is 11.4 Å². The van der Waals surface area contributed by atoms with Gasteiger partial charge in [0, 0.05) is 0 Å². The number of rotatable bonds is 5. The van der Waals surface area contributed by atoms with Gasteiger partial charge in [-0.15, -0.1) is 15.3 Å². The molecule has 0 aliphatic heterocycles. The van der Waals surface area contributed by atoms with Crippen molar-refractivity contribution in [2.45, 2.75) is 19.9 Å². The Morgan fingerprint density at radius 1 is 1.21 bits per heavy atom. The third-order valence-electron chi connectivity index (χ3n) is 3.61. The second kappa shape index (κ2) is 6.23. The number of nitrogens with zero attached hydrogens (tertiary/aromatic N) is 4. The summed E-state index contributed by atoms with van der Waals surface area (Å²) >= 11 is 0. The molecule has 0 aliphatic rings. The molecule has 24 heavy (non-hydrogen) atoms. The minimum Gasteiger partial charge on any atom is -0.480 e. The highest BCUT2D eigenvalue weighted by Crippen LogP contribution is 2.21. The number of anilines is 1. The third-order valence-corrected chi connectivity index (χ3v) is 3.61. The van der Waals surface area contributed by atoms with Gasteiger partial charge in [-0.2, -0.15) is 4.52 Å². The van der Waals surface area contributed by atoms with Gasteiger partial charge in [-0.05, 0) is 30.2 Å². The number of aliphatic carboxylic acids is 1. The average Bonchev–Trinajstić information content (AvgIpc) is 2.95. The molecule has 2 N–H and O–H groups in total. The summed E-state index contributed by atoms with van der Waals surface area (Å²) in [7, 11) is 0. The Morgan fingerprint density at radius 3 is 2.62 bits per heavy atom. The summed E-state index contributed by atoms with van der Waals surface area (Å²) in [6, 6.07) is 8.67. The maximum atomic E-state index is 14.0. The number of halogens is 1. The lowest BCUT2D eigenvalue weighted by atomic mass is 10.1. The first-order valence-electron chi connectivity index (χ1n) is 7.44. The highest BCUT2D eigenvalue weighted by molar-refractivity contribution is 5.77. The fraction of sp³-hybridized carbons (Fsp3) is 0.250. The molecule has 0 saturated carbocycles. The largest absolute Gasteiger partial charge is 0.480 e. The first-order valence-corrected chi connectivity index (χ1v) is 7.44. The second-order valence-corrected chi connectivity index (χ2v) is 5.70. The normalized spacial score (nSPS) is 12.5. The van der Waals surface area contributed by atoms with E-state index in [4.69, 9.17) is 0 Å². The molecule has 124 valence electrons. The Labute approximate surface area is 137 Å². The molecule has 0 aliphatic carbocycles. The molecule has 1 aromatic carbocycles. The molecule has 3 rings (SSSR count). The Balaban J connectivity index is 2.03. The number of nitrogens with one attached hydrogen (secondary N) is 1. The zero-order valence-corrected chi connectivity index (χ0v) is 13.1. The summed E-state index contributed by atoms with van der Waals surface area (Å²) in [6.45, 7) is 3.60. The maximum absolute atomic E-state index is 14.0. The number of carboxylic acid groups (broad SMARTS) is 1. The Bertz CT molecular complexity index is 893. The summed E-state index contributed by atoms with van der Waals surface area (Å²) in [6.07, 6.45) is 0. The van der Waals surface area contributed by atoms with Crippen LogP contribution in [-0.2, 0) is 4.79 Å². The van der Waals surface area contributed by atoms with Crippen molar-refractivity contribution in [3.63, 3.8) is 0 Å². The number of hydrogen-bond donors (Lipinski definition) is 2. The molecule has 0 bridgehead atoms. The van der Waals surface area contributed by atoms with Crippen LogP contribution in [0.1, 0.15) is 13.8 Å². The lowest BCUT2D eigenvalue weighted by Gasteiger charge is -2.18. The van der Waals surface area contributed by atoms with Gasteiger partial charge in [0.2, 0.25) is 0 Å². The standard InChI is InChI=1S/C16H16FN5O2/c1-9(2)14(16(23)24)18-12-7-8-13-19-20-15(22(13)21-12)10-5-3-4-6-11(10)17/h3-9,14H,1-2H3,(H,18,21)(H,23,24)/t14-/m1/s1. The molecular formula is C16H16FN5O2. The van der Waals surface area contributed by atoms with Gasteiger partial charge in [-0.25, -0.2) is 9.18 Å². The number of hydrogen-bond acceptors (Lipinski definition) is 5. The summed E-state index contributed by atoms with van der Waals surface area (Å²) < 4.78 is 15.4. The van der Waals surface area contributed by atoms with Gasteiger partial charge in [-0.1, -0.05) is 26.0 Å². The Morgan fingerprint density at radius 2 is 1.96 bits per heavy atom. The maximum Gasteiger partial charge on any atom is 0.326 e. The minimum atomic E-state index is -0.968. The molecule has 2 heterocycles. The van der Waals surface area contributed by atoms with E-state index < -0.39 is 17.8 Å². The molecule has 0 spiro atoms. The number of carbonyl (C=O) groups is 1. The molecule has 0 saturated heterocycles. The molecule has 0 amide bonds. The topological polar surface area (TPSA) is 92.4 Å². The second-order valence-electron chi connectivity index (χ2n) is 5.70. The van der Waals surface area contributed by atoms with E-state index in [1.54, 1.807) is 44.2 Å². The highest BCUT2D eigenvalue weighted by Gasteiger charge is 2.22. The van der Waals surface area contributed by atoms with E-state index in [1.807, 2.05) is 0 Å². The number of carboxylic acids is 1. The monoisotopic (exact) mass is 329 g/mol. The molecule has 3 aromatic rings. The van der Waals surface area contributed by atoms with Gasteiger partial charge in [0.25, 0.3) is 0 Å². The molecule has 2 aromatic heterocycles. The number of benzene rings is 1. The van der Waals surface area contributed by atoms with Gasteiger partial charge < -0.3 is 10.4 Å². The molecule has 7 nitrogen and oxygen atoms in total. The van der Waals surface area contributed by atoms with Crippen LogP contribution in [0.5, 0.6) is 0 Å². The van der Waals surface area contributed by atoms with Crippen molar-refractivity contribution in [3.05, 3.63) is 42.2 Å². The Kier molecular flexibility index (Phi) is 4.11. The van der Waals surface area contributed by atoms with Gasteiger partial charge in [0.15, 0.2) is 11.5 Å². The van der Waals surface area contributed by atoms with Crippen molar-refractivity contribution in [1.29, 1.82) is 0 Å². The van der Waals surface area contributed by atoms with E-state index in [1.165, 1.54) is 10.6 Å². The molecule has 0 unspecified atom stereocenters. The number of fused-ring (bicyclic) bond motifs is 1. The van der Waals surface area contributed by atoms with Crippen LogP contribution in [0.3, 0.4) is 0 Å². The predicted octanol–water partition coefficient (Wildman–Crippen LogP) is 2.45. The van der Waals surface area contributed by atoms with Crippen LogP contribution >= 0.6 is 0 Å². The van der Waals surface area contributed by atoms with E-state index in [2.05, 4.69) is 20.6 Å². The molecule has 0 fully saturated rings. The molecule has 8 heteroatoms. The fourth-order valence-electron chi connectivity index (χ4n) is 2.35. The smallest absolute Gasteiger partial charge is 0.326 e. The summed E-state index contributed by atoms with van der Waals surface area (Å²) in [5.74, 6) is -0.932. The van der Waals surface area contributed by atoms with Crippen LogP contribution in [0.4, 0.5) is 10.2 Å². The summed E-state index contributed by atoms with van der Waals surface area (Å²) in [5.41, 5.74) is 0.712. The van der Waals surface area contributed by atoms with Gasteiger partial charge in [-0.3, -0.25) is 0 Å². The van der Waals surface area contributed by atoms with Crippen LogP contribution < -0.4 is 5.32 Å². The Hall–Kier alpha value is -3.03. The van der Waals surface area contributed by atoms with Crippen LogP contribution in [0.25, 0.3) is 17.0 Å². The van der Waals surface area contributed by atoms with Crippen molar-refractivity contribution in [2.24, 2.45) is 5.92 Å². The van der Waals surface area contributed by atoms with Crippen LogP contribution in [0.15, 0.2) is 36.4 Å². The first kappa shape index (κ1) is 15.9. The van der Waals surface area contributed by atoms with Crippen molar-refractivity contribution in [2.75, 3.05) is 5.32 Å². The van der Waals surface area contributed by atoms with Crippen molar-refractivity contribution < 1.29 is 14.3 Å². The lowest BCUT2D eigenvalue weighted by molar-refractivity contribution is -0.138. The van der Waals surface area contributed by atoms with E-state index in [0.29, 0.717) is 11.5 Å². The van der Waals surface area contributed by atoms with Crippen LogP contribution in [0.2, 0.25) is 0 Å². The van der Waals surface area contributed by atoms with E-state index in [-0.39, 0.29) is 17.3 Å². The summed E-state index contributed by atoms with van der Waals surface area (Å²) in [5, 5.41) is 24.4. The van der Waals surface area contributed by atoms with Gasteiger partial charge in [0.1, 0.15) is 17.7 Å². The third kappa shape index (κ3) is 2.90. The van der Waals surface area contributed by atoms with Crippen LogP contribution in [0, 0.1) is 11.7 Å². The molecule has 1 atom stereocenters. The minimum absolute atomic E-state index is 0.132. The van der Waals surface area contributed by atoms with E-state index in [9.17, 15) is 14.3 Å². The molecular weight excluding hydrogens is 313 g/mol. The van der Waals surface area contributed by atoms with Gasteiger partial charge in [0.05, 0.1) is 5.56 Å². The average molecular weight is 329 g/mol. The highest BCUT2D eigenvalue weighted by atomic mass is 19.1. The van der Waals surface area contributed by atoms with E-state index in [0.717, 1.165) is 0 Å². The van der Waals surface area contributed by atoms with Gasteiger partial charge >= 0.3 is 5.97 Å². The lowest BCUT2D eigenvalue weighted by Crippen LogP contribution is -2.34. The van der Waals surface area contributed by atoms with Crippen molar-refractivity contribution >= 4 is 17.4 Å². The zero-order chi connectivity index (χ0) is 17.3. The fourth-order valence-corrected chi connectivity index (χ4v) is 2.35. The van der Waals surface area contributed by atoms with Crippen LogP contribution in [-0.4, -0.2) is 36.9 Å². The SMILES string of the molecule is CC(C)[C@@H](Nc1ccc2nnc(-c3ccccc3F)n2n1)C(=O)O.